The summed E-state index contributed by atoms with van der Waals surface area (Å²) in [5.74, 6) is 0.768. The maximum absolute atomic E-state index is 13.0. The summed E-state index contributed by atoms with van der Waals surface area (Å²) in [4.78, 5) is 19.3. The molecule has 0 aliphatic rings. The Morgan fingerprint density at radius 3 is 2.66 bits per heavy atom. The summed E-state index contributed by atoms with van der Waals surface area (Å²) in [6.45, 7) is 6.26. The average molecular weight is 412 g/mol. The van der Waals surface area contributed by atoms with Gasteiger partial charge in [0, 0.05) is 43.2 Å². The number of hydrogen-bond acceptors (Lipinski definition) is 3. The summed E-state index contributed by atoms with van der Waals surface area (Å²) in [5.41, 5.74) is 4.31. The van der Waals surface area contributed by atoms with E-state index in [1.54, 1.807) is 42.5 Å². The molecule has 0 saturated carbocycles. The molecule has 0 radical (unpaired) electrons. The third kappa shape index (κ3) is 5.46. The zero-order valence-electron chi connectivity index (χ0n) is 17.1. The van der Waals surface area contributed by atoms with E-state index in [1.807, 2.05) is 6.20 Å². The number of halogens is 1. The second-order valence-electron chi connectivity index (χ2n) is 7.13. The van der Waals surface area contributed by atoms with E-state index in [9.17, 15) is 4.79 Å². The SMILES string of the molecule is COCCN(Cc1nccn1Cc1cc(C)ccc1C)C(=O)c1ccc(Cl)cc1. The van der Waals surface area contributed by atoms with E-state index in [2.05, 4.69) is 41.6 Å². The van der Waals surface area contributed by atoms with Gasteiger partial charge < -0.3 is 14.2 Å². The fraction of sp³-hybridized carbons (Fsp3) is 0.304. The molecule has 2 aromatic carbocycles. The van der Waals surface area contributed by atoms with Crippen molar-refractivity contribution in [3.05, 3.63) is 88.0 Å². The maximum Gasteiger partial charge on any atom is 0.254 e. The molecular weight excluding hydrogens is 386 g/mol. The second kappa shape index (κ2) is 9.72. The number of imidazole rings is 1. The highest BCUT2D eigenvalue weighted by molar-refractivity contribution is 6.30. The van der Waals surface area contributed by atoms with Crippen molar-refractivity contribution < 1.29 is 9.53 Å². The van der Waals surface area contributed by atoms with E-state index in [1.165, 1.54) is 16.7 Å². The van der Waals surface area contributed by atoms with Crippen LogP contribution in [-0.4, -0.2) is 40.6 Å². The first-order valence-corrected chi connectivity index (χ1v) is 9.95. The van der Waals surface area contributed by atoms with Gasteiger partial charge in [-0.15, -0.1) is 0 Å². The van der Waals surface area contributed by atoms with Crippen molar-refractivity contribution in [1.29, 1.82) is 0 Å². The molecule has 3 aromatic rings. The highest BCUT2D eigenvalue weighted by Gasteiger charge is 2.18. The quantitative estimate of drug-likeness (QED) is 0.548. The Morgan fingerprint density at radius 1 is 1.17 bits per heavy atom. The van der Waals surface area contributed by atoms with Crippen molar-refractivity contribution in [2.45, 2.75) is 26.9 Å². The van der Waals surface area contributed by atoms with Gasteiger partial charge >= 0.3 is 0 Å². The van der Waals surface area contributed by atoms with Gasteiger partial charge in [0.15, 0.2) is 0 Å². The minimum Gasteiger partial charge on any atom is -0.383 e. The van der Waals surface area contributed by atoms with Gasteiger partial charge in [-0.1, -0.05) is 35.4 Å². The van der Waals surface area contributed by atoms with Crippen molar-refractivity contribution in [3.63, 3.8) is 0 Å². The Labute approximate surface area is 176 Å². The van der Waals surface area contributed by atoms with Gasteiger partial charge in [0.25, 0.3) is 5.91 Å². The normalized spacial score (nSPS) is 10.9. The summed E-state index contributed by atoms with van der Waals surface area (Å²) in [7, 11) is 1.63. The maximum atomic E-state index is 13.0. The standard InChI is InChI=1S/C23H26ClN3O2/c1-17-4-5-18(2)20(14-17)15-26-11-10-25-22(26)16-27(12-13-29-3)23(28)19-6-8-21(24)9-7-19/h4-11,14H,12-13,15-16H2,1-3H3. The topological polar surface area (TPSA) is 47.4 Å². The molecule has 5 nitrogen and oxygen atoms in total. The lowest BCUT2D eigenvalue weighted by atomic mass is 10.1. The molecule has 0 aliphatic carbocycles. The first-order chi connectivity index (χ1) is 14.0. The Balaban J connectivity index is 1.81. The number of carbonyl (C=O) groups is 1. The summed E-state index contributed by atoms with van der Waals surface area (Å²) in [5, 5.41) is 0.606. The highest BCUT2D eigenvalue weighted by atomic mass is 35.5. The van der Waals surface area contributed by atoms with Crippen LogP contribution >= 0.6 is 11.6 Å². The number of rotatable bonds is 8. The van der Waals surface area contributed by atoms with Crippen LogP contribution in [-0.2, 0) is 17.8 Å². The molecule has 6 heteroatoms. The first kappa shape index (κ1) is 21.1. The van der Waals surface area contributed by atoms with Crippen LogP contribution < -0.4 is 0 Å². The zero-order chi connectivity index (χ0) is 20.8. The number of hydrogen-bond donors (Lipinski definition) is 0. The van der Waals surface area contributed by atoms with Crippen LogP contribution in [0.2, 0.25) is 5.02 Å². The minimum atomic E-state index is -0.0694. The van der Waals surface area contributed by atoms with Crippen LogP contribution in [0.4, 0.5) is 0 Å². The van der Waals surface area contributed by atoms with E-state index < -0.39 is 0 Å². The fourth-order valence-corrected chi connectivity index (χ4v) is 3.32. The Morgan fingerprint density at radius 2 is 1.93 bits per heavy atom. The third-order valence-corrected chi connectivity index (χ3v) is 5.18. The Bertz CT molecular complexity index is 967. The molecule has 29 heavy (non-hydrogen) atoms. The number of carbonyl (C=O) groups excluding carboxylic acids is 1. The van der Waals surface area contributed by atoms with E-state index in [0.717, 1.165) is 12.4 Å². The van der Waals surface area contributed by atoms with Crippen molar-refractivity contribution in [2.24, 2.45) is 0 Å². The van der Waals surface area contributed by atoms with Crippen LogP contribution in [0.1, 0.15) is 32.9 Å². The van der Waals surface area contributed by atoms with Gasteiger partial charge in [0.1, 0.15) is 5.82 Å². The third-order valence-electron chi connectivity index (χ3n) is 4.92. The predicted octanol–water partition coefficient (Wildman–Crippen LogP) is 4.49. The Hall–Kier alpha value is -2.63. The van der Waals surface area contributed by atoms with Crippen LogP contribution in [0, 0.1) is 13.8 Å². The minimum absolute atomic E-state index is 0.0694. The van der Waals surface area contributed by atoms with Crippen molar-refractivity contribution in [2.75, 3.05) is 20.3 Å². The van der Waals surface area contributed by atoms with Crippen molar-refractivity contribution in [3.8, 4) is 0 Å². The summed E-state index contributed by atoms with van der Waals surface area (Å²) in [6, 6.07) is 13.4. The smallest absolute Gasteiger partial charge is 0.254 e. The first-order valence-electron chi connectivity index (χ1n) is 9.58. The van der Waals surface area contributed by atoms with E-state index in [0.29, 0.717) is 30.3 Å². The lowest BCUT2D eigenvalue weighted by Gasteiger charge is -2.23. The van der Waals surface area contributed by atoms with Gasteiger partial charge in [-0.05, 0) is 49.2 Å². The predicted molar refractivity (Wildman–Crippen MR) is 115 cm³/mol. The van der Waals surface area contributed by atoms with E-state index in [-0.39, 0.29) is 5.91 Å². The fourth-order valence-electron chi connectivity index (χ4n) is 3.19. The number of amides is 1. The van der Waals surface area contributed by atoms with Crippen LogP contribution in [0.5, 0.6) is 0 Å². The largest absolute Gasteiger partial charge is 0.383 e. The van der Waals surface area contributed by atoms with Crippen LogP contribution in [0.15, 0.2) is 54.9 Å². The average Bonchev–Trinajstić information content (AvgIpc) is 3.14. The van der Waals surface area contributed by atoms with Gasteiger partial charge in [-0.2, -0.15) is 0 Å². The van der Waals surface area contributed by atoms with Crippen LogP contribution in [0.3, 0.4) is 0 Å². The molecular formula is C23H26ClN3O2. The number of aromatic nitrogens is 2. The lowest BCUT2D eigenvalue weighted by Crippen LogP contribution is -2.34. The molecule has 0 fully saturated rings. The molecule has 1 aromatic heterocycles. The molecule has 1 amide bonds. The highest BCUT2D eigenvalue weighted by Crippen LogP contribution is 2.16. The molecule has 152 valence electrons. The molecule has 0 saturated heterocycles. The number of nitrogens with zero attached hydrogens (tertiary/aromatic N) is 3. The molecule has 0 spiro atoms. The number of methoxy groups -OCH3 is 1. The van der Waals surface area contributed by atoms with Crippen molar-refractivity contribution in [1.82, 2.24) is 14.5 Å². The summed E-state index contributed by atoms with van der Waals surface area (Å²) < 4.78 is 7.30. The number of ether oxygens (including phenoxy) is 1. The second-order valence-corrected chi connectivity index (χ2v) is 7.56. The van der Waals surface area contributed by atoms with Gasteiger partial charge in [-0.3, -0.25) is 4.79 Å². The van der Waals surface area contributed by atoms with Gasteiger partial charge in [0.2, 0.25) is 0 Å². The van der Waals surface area contributed by atoms with Crippen LogP contribution in [0.25, 0.3) is 0 Å². The van der Waals surface area contributed by atoms with Crippen molar-refractivity contribution >= 4 is 17.5 Å². The monoisotopic (exact) mass is 411 g/mol. The van der Waals surface area contributed by atoms with Gasteiger partial charge in [0.05, 0.1) is 13.2 Å². The molecule has 0 atom stereocenters. The number of aryl methyl sites for hydroxylation is 2. The van der Waals surface area contributed by atoms with Gasteiger partial charge in [-0.25, -0.2) is 4.98 Å². The van der Waals surface area contributed by atoms with E-state index >= 15 is 0 Å². The molecule has 0 aliphatic heterocycles. The zero-order valence-corrected chi connectivity index (χ0v) is 17.8. The molecule has 1 heterocycles. The number of benzene rings is 2. The molecule has 0 bridgehead atoms. The summed E-state index contributed by atoms with van der Waals surface area (Å²) >= 11 is 5.96. The Kier molecular flexibility index (Phi) is 7.07. The molecule has 3 rings (SSSR count). The summed E-state index contributed by atoms with van der Waals surface area (Å²) in [6.07, 6.45) is 3.74. The lowest BCUT2D eigenvalue weighted by molar-refractivity contribution is 0.0673. The van der Waals surface area contributed by atoms with E-state index in [4.69, 9.17) is 16.3 Å². The molecule has 0 N–H and O–H groups in total. The molecule has 0 unspecified atom stereocenters.